The van der Waals surface area contributed by atoms with Crippen molar-refractivity contribution < 1.29 is 9.32 Å². The van der Waals surface area contributed by atoms with Crippen LogP contribution < -0.4 is 5.32 Å². The van der Waals surface area contributed by atoms with Crippen LogP contribution in [0.5, 0.6) is 0 Å². The Hall–Kier alpha value is -0.840. The van der Waals surface area contributed by atoms with Crippen LogP contribution in [0.3, 0.4) is 0 Å². The van der Waals surface area contributed by atoms with Crippen LogP contribution >= 0.6 is 15.9 Å². The summed E-state index contributed by atoms with van der Waals surface area (Å²) < 4.78 is 4.55. The molecule has 0 aliphatic rings. The molecule has 5 heteroatoms. The summed E-state index contributed by atoms with van der Waals surface area (Å²) in [4.78, 5) is 11.6. The van der Waals surface area contributed by atoms with Crippen molar-refractivity contribution in [3.8, 4) is 0 Å². The number of nitrogens with one attached hydrogen (secondary N) is 1. The number of nitrogens with zero attached hydrogens (tertiary/aromatic N) is 1. The Balaban J connectivity index is 2.35. The van der Waals surface area contributed by atoms with Gasteiger partial charge in [0.1, 0.15) is 6.26 Å². The van der Waals surface area contributed by atoms with Gasteiger partial charge in [0.25, 0.3) is 5.91 Å². The maximum Gasteiger partial charge on any atom is 0.273 e. The summed E-state index contributed by atoms with van der Waals surface area (Å²) in [6.45, 7) is 2.64. The van der Waals surface area contributed by atoms with Crippen LogP contribution in [0.4, 0.5) is 0 Å². The third-order valence-electron chi connectivity index (χ3n) is 1.60. The number of carbonyl (C=O) groups is 1. The van der Waals surface area contributed by atoms with Gasteiger partial charge < -0.3 is 9.84 Å². The molecule has 1 N–H and O–H groups in total. The Morgan fingerprint density at radius 1 is 1.85 bits per heavy atom. The van der Waals surface area contributed by atoms with Crippen LogP contribution in [0.2, 0.25) is 0 Å². The highest BCUT2D eigenvalue weighted by atomic mass is 79.9. The molecule has 4 nitrogen and oxygen atoms in total. The van der Waals surface area contributed by atoms with Crippen molar-refractivity contribution in [1.29, 1.82) is 0 Å². The Labute approximate surface area is 84.8 Å². The summed E-state index contributed by atoms with van der Waals surface area (Å²) in [7, 11) is 0. The summed E-state index contributed by atoms with van der Waals surface area (Å²) in [5, 5.41) is 6.25. The quantitative estimate of drug-likeness (QED) is 0.822. The molecule has 0 spiro atoms. The van der Waals surface area contributed by atoms with Gasteiger partial charge in [-0.2, -0.15) is 0 Å². The molecule has 1 aromatic rings. The Morgan fingerprint density at radius 2 is 2.62 bits per heavy atom. The van der Waals surface area contributed by atoms with Crippen molar-refractivity contribution >= 4 is 21.8 Å². The number of rotatable bonds is 4. The highest BCUT2D eigenvalue weighted by Crippen LogP contribution is 2.02. The van der Waals surface area contributed by atoms with Gasteiger partial charge in [-0.25, -0.2) is 0 Å². The predicted molar refractivity (Wildman–Crippen MR) is 51.8 cm³/mol. The third kappa shape index (κ3) is 3.18. The first-order valence-corrected chi connectivity index (χ1v) is 4.98. The van der Waals surface area contributed by atoms with Crippen LogP contribution in [-0.4, -0.2) is 22.4 Å². The zero-order valence-corrected chi connectivity index (χ0v) is 8.87. The van der Waals surface area contributed by atoms with Crippen molar-refractivity contribution in [2.75, 3.05) is 6.54 Å². The smallest absolute Gasteiger partial charge is 0.273 e. The van der Waals surface area contributed by atoms with Crippen molar-refractivity contribution in [1.82, 2.24) is 10.5 Å². The monoisotopic (exact) mass is 246 g/mol. The Morgan fingerprint density at radius 3 is 3.15 bits per heavy atom. The lowest BCUT2D eigenvalue weighted by Gasteiger charge is -2.06. The minimum absolute atomic E-state index is 0.202. The second-order valence-corrected chi connectivity index (χ2v) is 3.90. The van der Waals surface area contributed by atoms with Gasteiger partial charge in [-0.15, -0.1) is 0 Å². The topological polar surface area (TPSA) is 55.1 Å². The van der Waals surface area contributed by atoms with Crippen LogP contribution in [-0.2, 0) is 0 Å². The summed E-state index contributed by atoms with van der Waals surface area (Å²) in [5.74, 6) is -0.202. The van der Waals surface area contributed by atoms with E-state index in [0.717, 1.165) is 6.42 Å². The van der Waals surface area contributed by atoms with Crippen molar-refractivity contribution in [3.63, 3.8) is 0 Å². The number of halogens is 1. The van der Waals surface area contributed by atoms with Gasteiger partial charge in [-0.05, 0) is 6.42 Å². The largest absolute Gasteiger partial charge is 0.364 e. The van der Waals surface area contributed by atoms with Gasteiger partial charge in [-0.3, -0.25) is 4.79 Å². The number of aromatic nitrogens is 1. The molecular formula is C8H11BrN2O2. The lowest BCUT2D eigenvalue weighted by Crippen LogP contribution is -2.29. The molecule has 0 fully saturated rings. The van der Waals surface area contributed by atoms with E-state index in [1.54, 1.807) is 0 Å². The first-order chi connectivity index (χ1) is 6.24. The average Bonchev–Trinajstić information content (AvgIpc) is 2.66. The first kappa shape index (κ1) is 10.2. The fraction of sp³-hybridized carbons (Fsp3) is 0.500. The number of amides is 1. The van der Waals surface area contributed by atoms with E-state index < -0.39 is 0 Å². The molecule has 1 unspecified atom stereocenters. The van der Waals surface area contributed by atoms with E-state index in [-0.39, 0.29) is 5.91 Å². The molecule has 0 aliphatic carbocycles. The fourth-order valence-corrected chi connectivity index (χ4v) is 0.930. The molecule has 1 rings (SSSR count). The molecule has 0 saturated carbocycles. The standard InChI is InChI=1S/C8H11BrN2O2/c1-2-6(9)5-10-8(12)7-3-4-13-11-7/h3-4,6H,2,5H2,1H3,(H,10,12). The van der Waals surface area contributed by atoms with Gasteiger partial charge in [-0.1, -0.05) is 28.0 Å². The fourth-order valence-electron chi connectivity index (χ4n) is 0.768. The van der Waals surface area contributed by atoms with Crippen molar-refractivity contribution in [2.24, 2.45) is 0 Å². The average molecular weight is 247 g/mol. The van der Waals surface area contributed by atoms with E-state index in [1.807, 2.05) is 6.92 Å². The van der Waals surface area contributed by atoms with Gasteiger partial charge in [0.05, 0.1) is 0 Å². The zero-order chi connectivity index (χ0) is 9.68. The lowest BCUT2D eigenvalue weighted by atomic mass is 10.3. The van der Waals surface area contributed by atoms with Crippen LogP contribution in [0.25, 0.3) is 0 Å². The molecule has 1 atom stereocenters. The normalized spacial score (nSPS) is 12.5. The SMILES string of the molecule is CCC(Br)CNC(=O)c1ccon1. The highest BCUT2D eigenvalue weighted by Gasteiger charge is 2.09. The number of hydrogen-bond acceptors (Lipinski definition) is 3. The van der Waals surface area contributed by atoms with Crippen LogP contribution in [0, 0.1) is 0 Å². The van der Waals surface area contributed by atoms with Crippen LogP contribution in [0.15, 0.2) is 16.9 Å². The van der Waals surface area contributed by atoms with Gasteiger partial charge in [0.15, 0.2) is 5.69 Å². The number of hydrogen-bond donors (Lipinski definition) is 1. The minimum Gasteiger partial charge on any atom is -0.364 e. The predicted octanol–water partition coefficient (Wildman–Crippen LogP) is 1.58. The molecule has 0 aliphatic heterocycles. The molecule has 72 valence electrons. The van der Waals surface area contributed by atoms with Gasteiger partial charge in [0.2, 0.25) is 0 Å². The van der Waals surface area contributed by atoms with Gasteiger partial charge in [0, 0.05) is 17.4 Å². The molecule has 1 aromatic heterocycles. The van der Waals surface area contributed by atoms with E-state index in [2.05, 4.69) is 30.9 Å². The maximum atomic E-state index is 11.3. The zero-order valence-electron chi connectivity index (χ0n) is 7.29. The molecule has 0 bridgehead atoms. The van der Waals surface area contributed by atoms with E-state index >= 15 is 0 Å². The van der Waals surface area contributed by atoms with Gasteiger partial charge >= 0.3 is 0 Å². The second kappa shape index (κ2) is 5.01. The summed E-state index contributed by atoms with van der Waals surface area (Å²) in [6, 6.07) is 1.53. The summed E-state index contributed by atoms with van der Waals surface area (Å²) in [5.41, 5.74) is 0.316. The van der Waals surface area contributed by atoms with E-state index in [0.29, 0.717) is 17.1 Å². The van der Waals surface area contributed by atoms with Crippen LogP contribution in [0.1, 0.15) is 23.8 Å². The molecule has 13 heavy (non-hydrogen) atoms. The molecule has 0 aromatic carbocycles. The third-order valence-corrected chi connectivity index (χ3v) is 2.57. The maximum absolute atomic E-state index is 11.3. The molecule has 1 heterocycles. The first-order valence-electron chi connectivity index (χ1n) is 4.06. The molecule has 0 radical (unpaired) electrons. The van der Waals surface area contributed by atoms with E-state index in [9.17, 15) is 4.79 Å². The minimum atomic E-state index is -0.202. The van der Waals surface area contributed by atoms with E-state index in [1.165, 1.54) is 12.3 Å². The van der Waals surface area contributed by atoms with Crippen molar-refractivity contribution in [3.05, 3.63) is 18.0 Å². The number of alkyl halides is 1. The summed E-state index contributed by atoms with van der Waals surface area (Å²) in [6.07, 6.45) is 2.35. The van der Waals surface area contributed by atoms with Crippen molar-refractivity contribution in [2.45, 2.75) is 18.2 Å². The molecule has 0 saturated heterocycles. The molecule has 1 amide bonds. The lowest BCUT2D eigenvalue weighted by molar-refractivity contribution is 0.0945. The number of carbonyl (C=O) groups excluding carboxylic acids is 1. The van der Waals surface area contributed by atoms with E-state index in [4.69, 9.17) is 0 Å². The summed E-state index contributed by atoms with van der Waals surface area (Å²) >= 11 is 3.41. The Bertz CT molecular complexity index is 261. The Kier molecular flexibility index (Phi) is 3.95. The highest BCUT2D eigenvalue weighted by molar-refractivity contribution is 9.09. The second-order valence-electron chi connectivity index (χ2n) is 2.60. The molecular weight excluding hydrogens is 236 g/mol.